The van der Waals surface area contributed by atoms with E-state index in [2.05, 4.69) is 56.4 Å². The number of aromatic hydroxyl groups is 1. The predicted molar refractivity (Wildman–Crippen MR) is 113 cm³/mol. The maximum absolute atomic E-state index is 9.94. The molecular formula is C23H26N4O. The standard InChI is InChI=1S/C23H26N4O/c1-23(2,3)18-9-7-17(8-10-18)22-25-21(16-11-13-24-14-12-16)26-27(22)19-5-4-6-20(28)15-19/h4-11,15,24,28H,12-14H2,1-3H3. The fourth-order valence-electron chi connectivity index (χ4n) is 3.38. The second kappa shape index (κ2) is 7.24. The number of phenols is 1. The average molecular weight is 374 g/mol. The minimum atomic E-state index is 0.0997. The maximum atomic E-state index is 9.94. The summed E-state index contributed by atoms with van der Waals surface area (Å²) in [7, 11) is 0. The third-order valence-electron chi connectivity index (χ3n) is 5.04. The summed E-state index contributed by atoms with van der Waals surface area (Å²) in [6, 6.07) is 15.6. The molecule has 2 heterocycles. The molecule has 3 aromatic rings. The summed E-state index contributed by atoms with van der Waals surface area (Å²) in [5.74, 6) is 1.74. The van der Waals surface area contributed by atoms with Crippen molar-refractivity contribution in [1.29, 1.82) is 0 Å². The Labute approximate surface area is 165 Å². The van der Waals surface area contributed by atoms with E-state index in [0.717, 1.165) is 48.0 Å². The average Bonchev–Trinajstić information content (AvgIpc) is 3.14. The Bertz CT molecular complexity index is 1010. The normalized spacial score (nSPS) is 14.8. The van der Waals surface area contributed by atoms with Gasteiger partial charge in [-0.3, -0.25) is 0 Å². The summed E-state index contributed by atoms with van der Waals surface area (Å²) in [5, 5.41) is 18.1. The third-order valence-corrected chi connectivity index (χ3v) is 5.04. The zero-order valence-corrected chi connectivity index (χ0v) is 16.6. The van der Waals surface area contributed by atoms with E-state index in [1.54, 1.807) is 12.1 Å². The Morgan fingerprint density at radius 3 is 2.50 bits per heavy atom. The van der Waals surface area contributed by atoms with Gasteiger partial charge in [-0.25, -0.2) is 9.67 Å². The molecule has 1 aromatic heterocycles. The number of nitrogens with zero attached hydrogens (tertiary/aromatic N) is 3. The molecule has 5 nitrogen and oxygen atoms in total. The lowest BCUT2D eigenvalue weighted by Gasteiger charge is -2.19. The van der Waals surface area contributed by atoms with Gasteiger partial charge in [0.2, 0.25) is 0 Å². The second-order valence-corrected chi connectivity index (χ2v) is 8.20. The van der Waals surface area contributed by atoms with Gasteiger partial charge in [-0.2, -0.15) is 0 Å². The predicted octanol–water partition coefficient (Wildman–Crippen LogP) is 4.31. The maximum Gasteiger partial charge on any atom is 0.177 e. The van der Waals surface area contributed by atoms with Crippen molar-refractivity contribution in [1.82, 2.24) is 20.1 Å². The van der Waals surface area contributed by atoms with Crippen LogP contribution >= 0.6 is 0 Å². The van der Waals surface area contributed by atoms with Crippen LogP contribution in [0.1, 0.15) is 38.6 Å². The van der Waals surface area contributed by atoms with Gasteiger partial charge in [-0.1, -0.05) is 57.2 Å². The molecular weight excluding hydrogens is 348 g/mol. The molecule has 0 spiro atoms. The van der Waals surface area contributed by atoms with Gasteiger partial charge in [0.1, 0.15) is 5.75 Å². The first-order chi connectivity index (χ1) is 13.4. The molecule has 0 amide bonds. The summed E-state index contributed by atoms with van der Waals surface area (Å²) < 4.78 is 1.82. The highest BCUT2D eigenvalue weighted by Crippen LogP contribution is 2.29. The number of phenolic OH excluding ortho intramolecular Hbond substituents is 1. The zero-order chi connectivity index (χ0) is 19.7. The lowest BCUT2D eigenvalue weighted by atomic mass is 9.87. The molecule has 0 fully saturated rings. The lowest BCUT2D eigenvalue weighted by Crippen LogP contribution is -2.20. The highest BCUT2D eigenvalue weighted by atomic mass is 16.3. The van der Waals surface area contributed by atoms with Crippen LogP contribution in [-0.4, -0.2) is 33.0 Å². The number of nitrogens with one attached hydrogen (secondary N) is 1. The summed E-state index contributed by atoms with van der Waals surface area (Å²) in [6.07, 6.45) is 3.06. The van der Waals surface area contributed by atoms with Crippen LogP contribution < -0.4 is 5.32 Å². The molecule has 0 aliphatic carbocycles. The Morgan fingerprint density at radius 1 is 1.07 bits per heavy atom. The first-order valence-corrected chi connectivity index (χ1v) is 9.69. The van der Waals surface area contributed by atoms with E-state index in [1.165, 1.54) is 5.56 Å². The van der Waals surface area contributed by atoms with Crippen molar-refractivity contribution in [3.63, 3.8) is 0 Å². The molecule has 0 bridgehead atoms. The van der Waals surface area contributed by atoms with E-state index >= 15 is 0 Å². The number of benzene rings is 2. The Morgan fingerprint density at radius 2 is 1.86 bits per heavy atom. The van der Waals surface area contributed by atoms with E-state index in [1.807, 2.05) is 16.8 Å². The number of rotatable bonds is 3. The van der Waals surface area contributed by atoms with E-state index in [9.17, 15) is 5.11 Å². The van der Waals surface area contributed by atoms with E-state index in [0.29, 0.717) is 0 Å². The van der Waals surface area contributed by atoms with Gasteiger partial charge in [0.05, 0.1) is 5.69 Å². The van der Waals surface area contributed by atoms with Crippen LogP contribution in [0.25, 0.3) is 22.6 Å². The molecule has 1 aliphatic heterocycles. The lowest BCUT2D eigenvalue weighted by molar-refractivity contribution is 0.475. The van der Waals surface area contributed by atoms with Crippen LogP contribution in [0.5, 0.6) is 5.75 Å². The van der Waals surface area contributed by atoms with Crippen LogP contribution in [0.3, 0.4) is 0 Å². The minimum Gasteiger partial charge on any atom is -0.508 e. The van der Waals surface area contributed by atoms with E-state index in [4.69, 9.17) is 10.1 Å². The molecule has 2 aromatic carbocycles. The van der Waals surface area contributed by atoms with Crippen molar-refractivity contribution in [2.24, 2.45) is 0 Å². The van der Waals surface area contributed by atoms with Crippen LogP contribution in [0.4, 0.5) is 0 Å². The van der Waals surface area contributed by atoms with Gasteiger partial charge >= 0.3 is 0 Å². The van der Waals surface area contributed by atoms with Crippen LogP contribution in [0, 0.1) is 0 Å². The van der Waals surface area contributed by atoms with Crippen LogP contribution in [-0.2, 0) is 5.41 Å². The SMILES string of the molecule is CC(C)(C)c1ccc(-c2nc(C3=CCNCC3)nn2-c2cccc(O)c2)cc1. The van der Waals surface area contributed by atoms with Crippen LogP contribution in [0.15, 0.2) is 54.6 Å². The van der Waals surface area contributed by atoms with Crippen molar-refractivity contribution in [2.45, 2.75) is 32.6 Å². The molecule has 144 valence electrons. The molecule has 0 saturated carbocycles. The highest BCUT2D eigenvalue weighted by molar-refractivity contribution is 5.66. The van der Waals surface area contributed by atoms with Crippen molar-refractivity contribution < 1.29 is 5.11 Å². The third kappa shape index (κ3) is 3.71. The Balaban J connectivity index is 1.82. The summed E-state index contributed by atoms with van der Waals surface area (Å²) >= 11 is 0. The summed E-state index contributed by atoms with van der Waals surface area (Å²) in [5.41, 5.74) is 4.33. The fourth-order valence-corrected chi connectivity index (χ4v) is 3.38. The monoisotopic (exact) mass is 374 g/mol. The van der Waals surface area contributed by atoms with Crippen molar-refractivity contribution >= 4 is 5.57 Å². The first-order valence-electron chi connectivity index (χ1n) is 9.69. The van der Waals surface area contributed by atoms with Gasteiger partial charge < -0.3 is 10.4 Å². The van der Waals surface area contributed by atoms with E-state index in [-0.39, 0.29) is 11.2 Å². The number of aromatic nitrogens is 3. The largest absolute Gasteiger partial charge is 0.508 e. The van der Waals surface area contributed by atoms with E-state index < -0.39 is 0 Å². The molecule has 5 heteroatoms. The first kappa shape index (κ1) is 18.4. The zero-order valence-electron chi connectivity index (χ0n) is 16.6. The molecule has 0 unspecified atom stereocenters. The molecule has 2 N–H and O–H groups in total. The Hall–Kier alpha value is -2.92. The summed E-state index contributed by atoms with van der Waals surface area (Å²) in [4.78, 5) is 4.88. The molecule has 0 radical (unpaired) electrons. The van der Waals surface area contributed by atoms with Crippen molar-refractivity contribution in [2.75, 3.05) is 13.1 Å². The molecule has 4 rings (SSSR count). The topological polar surface area (TPSA) is 63.0 Å². The highest BCUT2D eigenvalue weighted by Gasteiger charge is 2.19. The van der Waals surface area contributed by atoms with Crippen LogP contribution in [0.2, 0.25) is 0 Å². The smallest absolute Gasteiger partial charge is 0.177 e. The fraction of sp³-hybridized carbons (Fsp3) is 0.304. The second-order valence-electron chi connectivity index (χ2n) is 8.20. The summed E-state index contributed by atoms with van der Waals surface area (Å²) in [6.45, 7) is 8.39. The van der Waals surface area contributed by atoms with Crippen molar-refractivity contribution in [3.05, 3.63) is 66.0 Å². The molecule has 1 aliphatic rings. The van der Waals surface area contributed by atoms with Crippen molar-refractivity contribution in [3.8, 4) is 22.8 Å². The molecule has 0 atom stereocenters. The number of hydrogen-bond donors (Lipinski definition) is 2. The quantitative estimate of drug-likeness (QED) is 0.717. The van der Waals surface area contributed by atoms with Gasteiger partial charge in [0, 0.05) is 18.2 Å². The van der Waals surface area contributed by atoms with Gasteiger partial charge in [0.15, 0.2) is 11.6 Å². The number of hydrogen-bond acceptors (Lipinski definition) is 4. The Kier molecular flexibility index (Phi) is 4.77. The van der Waals surface area contributed by atoms with Gasteiger partial charge in [0.25, 0.3) is 0 Å². The molecule has 0 saturated heterocycles. The van der Waals surface area contributed by atoms with Gasteiger partial charge in [-0.05, 0) is 41.6 Å². The molecule has 28 heavy (non-hydrogen) atoms. The minimum absolute atomic E-state index is 0.0997. The van der Waals surface area contributed by atoms with Gasteiger partial charge in [-0.15, -0.1) is 5.10 Å².